The third-order valence-corrected chi connectivity index (χ3v) is 1.25. The molecule has 0 unspecified atom stereocenters. The summed E-state index contributed by atoms with van der Waals surface area (Å²) in [6, 6.07) is 0. The van der Waals surface area contributed by atoms with E-state index in [0.717, 1.165) is 5.69 Å². The maximum Gasteiger partial charge on any atom is 1.00 e. The quantitative estimate of drug-likeness (QED) is 0.520. The van der Waals surface area contributed by atoms with E-state index in [1.165, 1.54) is 0 Å². The van der Waals surface area contributed by atoms with Crippen molar-refractivity contribution < 1.29 is 19.5 Å². The fraction of sp³-hybridized carbons (Fsp3) is 0.571. The molecule has 1 heterocycles. The number of hydrogen-bond acceptors (Lipinski definition) is 1. The van der Waals surface area contributed by atoms with Crippen LogP contribution >= 0.6 is 0 Å². The molecule has 0 saturated heterocycles. The van der Waals surface area contributed by atoms with Gasteiger partial charge < -0.3 is 9.55 Å². The van der Waals surface area contributed by atoms with E-state index in [1.807, 2.05) is 17.8 Å². The molecule has 0 atom stereocenters. The van der Waals surface area contributed by atoms with Gasteiger partial charge in [-0.15, -0.1) is 6.20 Å². The number of nitrogens with zero attached hydrogens (tertiary/aromatic N) is 2. The molecule has 0 N–H and O–H groups in total. The van der Waals surface area contributed by atoms with Crippen molar-refractivity contribution in [3.63, 3.8) is 0 Å². The third kappa shape index (κ3) is 2.22. The van der Waals surface area contributed by atoms with Gasteiger partial charge in [0.05, 0.1) is 0 Å². The second-order valence-electron chi connectivity index (χ2n) is 2.53. The van der Waals surface area contributed by atoms with Gasteiger partial charge in [0, 0.05) is 6.33 Å². The van der Waals surface area contributed by atoms with Crippen molar-refractivity contribution >= 4 is 0 Å². The molecule has 10 heavy (non-hydrogen) atoms. The van der Waals surface area contributed by atoms with Crippen LogP contribution in [0.3, 0.4) is 0 Å². The minimum absolute atomic E-state index is 0. The molecule has 0 aromatic carbocycles. The first-order chi connectivity index (χ1) is 4.20. The van der Waals surface area contributed by atoms with E-state index in [9.17, 15) is 0 Å². The van der Waals surface area contributed by atoms with Gasteiger partial charge in [0.1, 0.15) is 0 Å². The van der Waals surface area contributed by atoms with Crippen molar-refractivity contribution in [3.05, 3.63) is 18.2 Å². The molecular formula is C7H11N2Ru. The fourth-order valence-corrected chi connectivity index (χ4v) is 0.671. The number of aromatic nitrogens is 2. The minimum atomic E-state index is 0. The average molecular weight is 224 g/mol. The average Bonchev–Trinajstić information content (AvgIpc) is 2.14. The van der Waals surface area contributed by atoms with Gasteiger partial charge in [0.25, 0.3) is 0 Å². The van der Waals surface area contributed by atoms with Gasteiger partial charge in [-0.25, -0.2) is 0 Å². The molecule has 0 bridgehead atoms. The second-order valence-corrected chi connectivity index (χ2v) is 2.53. The Kier molecular flexibility index (Phi) is 3.81. The van der Waals surface area contributed by atoms with Gasteiger partial charge in [-0.3, -0.25) is 0 Å². The van der Waals surface area contributed by atoms with E-state index >= 15 is 0 Å². The Morgan fingerprint density at radius 3 is 2.40 bits per heavy atom. The smallest absolute Gasteiger partial charge is 0.456 e. The second kappa shape index (κ2) is 3.87. The molecule has 2 nitrogen and oxygen atoms in total. The van der Waals surface area contributed by atoms with Crippen LogP contribution in [0.4, 0.5) is 0 Å². The predicted octanol–water partition coefficient (Wildman–Crippen LogP) is 1.34. The van der Waals surface area contributed by atoms with Crippen LogP contribution in [0.5, 0.6) is 0 Å². The topological polar surface area (TPSA) is 17.8 Å². The Bertz CT molecular complexity index is 193. The van der Waals surface area contributed by atoms with Crippen LogP contribution < -0.4 is 0 Å². The molecule has 1 aromatic rings. The summed E-state index contributed by atoms with van der Waals surface area (Å²) >= 11 is 0. The Balaban J connectivity index is 0.000000810. The monoisotopic (exact) mass is 225 g/mol. The molecule has 0 aliphatic rings. The first-order valence-corrected chi connectivity index (χ1v) is 3.11. The molecular weight excluding hydrogens is 213 g/mol. The van der Waals surface area contributed by atoms with Crippen molar-refractivity contribution in [2.75, 3.05) is 0 Å². The summed E-state index contributed by atoms with van der Waals surface area (Å²) < 4.78 is 1.84. The molecule has 3 heteroatoms. The first kappa shape index (κ1) is 9.83. The molecule has 0 saturated carbocycles. The van der Waals surface area contributed by atoms with E-state index in [4.69, 9.17) is 0 Å². The van der Waals surface area contributed by atoms with E-state index in [2.05, 4.69) is 25.2 Å². The Morgan fingerprint density at radius 1 is 1.60 bits per heavy atom. The Morgan fingerprint density at radius 2 is 2.20 bits per heavy atom. The standard InChI is InChI=1S/C7H11N2.Ru/c1-6(2)7-4-9(3)5-8-7;/h4,6H,1-3H3;/q-1;+1. The minimum Gasteiger partial charge on any atom is -0.456 e. The zero-order valence-electron chi connectivity index (χ0n) is 6.40. The van der Waals surface area contributed by atoms with Crippen molar-refractivity contribution in [2.24, 2.45) is 7.05 Å². The summed E-state index contributed by atoms with van der Waals surface area (Å²) in [5.74, 6) is 0.516. The molecule has 0 fully saturated rings. The summed E-state index contributed by atoms with van der Waals surface area (Å²) in [5, 5.41) is 0. The van der Waals surface area contributed by atoms with Crippen LogP contribution in [-0.2, 0) is 26.5 Å². The van der Waals surface area contributed by atoms with Gasteiger partial charge in [-0.1, -0.05) is 25.5 Å². The summed E-state index contributed by atoms with van der Waals surface area (Å²) in [7, 11) is 1.93. The van der Waals surface area contributed by atoms with Crippen LogP contribution in [0.15, 0.2) is 6.20 Å². The van der Waals surface area contributed by atoms with Crippen molar-refractivity contribution in [1.82, 2.24) is 9.55 Å². The van der Waals surface area contributed by atoms with E-state index < -0.39 is 0 Å². The van der Waals surface area contributed by atoms with Gasteiger partial charge in [0.15, 0.2) is 0 Å². The number of aryl methyl sites for hydroxylation is 1. The Hall–Kier alpha value is -0.167. The van der Waals surface area contributed by atoms with Crippen molar-refractivity contribution in [3.8, 4) is 0 Å². The molecule has 0 spiro atoms. The molecule has 0 amide bonds. The first-order valence-electron chi connectivity index (χ1n) is 3.11. The molecule has 0 aliphatic heterocycles. The van der Waals surface area contributed by atoms with Gasteiger partial charge in [-0.2, -0.15) is 0 Å². The zero-order valence-corrected chi connectivity index (χ0v) is 8.14. The fourth-order valence-electron chi connectivity index (χ4n) is 0.671. The zero-order chi connectivity index (χ0) is 6.85. The maximum absolute atomic E-state index is 4.05. The van der Waals surface area contributed by atoms with Gasteiger partial charge in [-0.05, 0) is 7.05 Å². The van der Waals surface area contributed by atoms with Crippen LogP contribution in [-0.4, -0.2) is 9.55 Å². The van der Waals surface area contributed by atoms with Gasteiger partial charge >= 0.3 is 19.5 Å². The number of imidazole rings is 1. The summed E-state index contributed by atoms with van der Waals surface area (Å²) in [6.07, 6.45) is 4.81. The SMILES string of the molecule is CC(C)c1cn(C)[c-]n1.[Ru+]. The number of hydrogen-bond donors (Lipinski definition) is 0. The van der Waals surface area contributed by atoms with Crippen LogP contribution in [0, 0.1) is 6.33 Å². The van der Waals surface area contributed by atoms with Gasteiger partial charge in [0.2, 0.25) is 0 Å². The number of rotatable bonds is 1. The van der Waals surface area contributed by atoms with Crippen LogP contribution in [0.2, 0.25) is 0 Å². The third-order valence-electron chi connectivity index (χ3n) is 1.25. The maximum atomic E-state index is 4.05. The molecule has 0 aliphatic carbocycles. The van der Waals surface area contributed by atoms with E-state index in [1.54, 1.807) is 0 Å². The summed E-state index contributed by atoms with van der Waals surface area (Å²) in [5.41, 5.74) is 1.11. The Labute approximate surface area is 74.4 Å². The molecule has 57 valence electrons. The van der Waals surface area contributed by atoms with E-state index in [-0.39, 0.29) is 19.5 Å². The van der Waals surface area contributed by atoms with E-state index in [0.29, 0.717) is 5.92 Å². The van der Waals surface area contributed by atoms with Crippen LogP contribution in [0.25, 0.3) is 0 Å². The normalized spacial score (nSPS) is 9.60. The van der Waals surface area contributed by atoms with Crippen molar-refractivity contribution in [1.29, 1.82) is 0 Å². The largest absolute Gasteiger partial charge is 1.00 e. The predicted molar refractivity (Wildman–Crippen MR) is 36.1 cm³/mol. The summed E-state index contributed by atoms with van der Waals surface area (Å²) in [4.78, 5) is 4.05. The molecule has 1 radical (unpaired) electrons. The van der Waals surface area contributed by atoms with Crippen LogP contribution in [0.1, 0.15) is 25.5 Å². The molecule has 1 aromatic heterocycles. The molecule has 1 rings (SSSR count). The van der Waals surface area contributed by atoms with Crippen molar-refractivity contribution in [2.45, 2.75) is 19.8 Å². The summed E-state index contributed by atoms with van der Waals surface area (Å²) in [6.45, 7) is 4.24.